The van der Waals surface area contributed by atoms with Gasteiger partial charge in [-0.25, -0.2) is 13.2 Å². The van der Waals surface area contributed by atoms with Gasteiger partial charge in [-0.05, 0) is 87.9 Å². The summed E-state index contributed by atoms with van der Waals surface area (Å²) in [5.74, 6) is -0.470. The van der Waals surface area contributed by atoms with Crippen LogP contribution in [0.25, 0.3) is 6.08 Å². The number of carbonyl (C=O) groups excluding carboxylic acids is 2. The van der Waals surface area contributed by atoms with Crippen LogP contribution < -0.4 is 4.90 Å². The third kappa shape index (κ3) is 6.98. The number of anilines is 1. The van der Waals surface area contributed by atoms with Crippen LogP contribution in [0.3, 0.4) is 0 Å². The number of ether oxygens (including phenoxy) is 1. The number of halogens is 2. The van der Waals surface area contributed by atoms with E-state index in [9.17, 15) is 18.0 Å². The molecule has 1 aliphatic heterocycles. The van der Waals surface area contributed by atoms with E-state index in [-0.39, 0.29) is 41.5 Å². The second kappa shape index (κ2) is 13.7. The molecule has 2 heterocycles. The summed E-state index contributed by atoms with van der Waals surface area (Å²) < 4.78 is 40.3. The molecular weight excluding hydrogens is 647 g/mol. The van der Waals surface area contributed by atoms with E-state index in [0.29, 0.717) is 32.8 Å². The molecule has 0 unspecified atom stereocenters. The van der Waals surface area contributed by atoms with Crippen molar-refractivity contribution >= 4 is 56.9 Å². The molecule has 0 radical (unpaired) electrons. The Kier molecular flexibility index (Phi) is 9.88. The van der Waals surface area contributed by atoms with Gasteiger partial charge in [0, 0.05) is 28.0 Å². The van der Waals surface area contributed by atoms with Crippen molar-refractivity contribution in [1.82, 2.24) is 4.31 Å². The minimum Gasteiger partial charge on any atom is -0.462 e. The predicted molar refractivity (Wildman–Crippen MR) is 179 cm³/mol. The van der Waals surface area contributed by atoms with E-state index in [1.165, 1.54) is 15.3 Å². The fraction of sp³-hybridized carbons (Fsp3) is 0.200. The molecule has 0 bridgehead atoms. The molecule has 0 atom stereocenters. The van der Waals surface area contributed by atoms with E-state index in [1.54, 1.807) is 68.4 Å². The first-order valence-corrected chi connectivity index (χ1v) is 16.7. The molecule has 4 aromatic rings. The van der Waals surface area contributed by atoms with Gasteiger partial charge in [-0.3, -0.25) is 9.69 Å². The first-order valence-electron chi connectivity index (χ1n) is 14.5. The molecule has 0 fully saturated rings. The van der Waals surface area contributed by atoms with Crippen molar-refractivity contribution in [3.05, 3.63) is 134 Å². The van der Waals surface area contributed by atoms with Crippen molar-refractivity contribution in [3.8, 4) is 0 Å². The second-order valence-electron chi connectivity index (χ2n) is 10.8. The molecule has 1 aromatic heterocycles. The second-order valence-corrected chi connectivity index (χ2v) is 13.6. The van der Waals surface area contributed by atoms with Crippen LogP contribution in [0.2, 0.25) is 10.0 Å². The van der Waals surface area contributed by atoms with Crippen molar-refractivity contribution in [3.63, 3.8) is 0 Å². The van der Waals surface area contributed by atoms with E-state index in [2.05, 4.69) is 0 Å². The van der Waals surface area contributed by atoms with Crippen molar-refractivity contribution in [1.29, 1.82) is 0 Å². The van der Waals surface area contributed by atoms with Gasteiger partial charge < -0.3 is 9.15 Å². The quantitative estimate of drug-likeness (QED) is 0.125. The number of hydrogen-bond acceptors (Lipinski definition) is 6. The number of amides is 1. The summed E-state index contributed by atoms with van der Waals surface area (Å²) in [5, 5.41) is 0.757. The molecule has 0 saturated heterocycles. The number of furan rings is 1. The average molecular weight is 680 g/mol. The first kappa shape index (κ1) is 33.2. The summed E-state index contributed by atoms with van der Waals surface area (Å²) in [7, 11) is -4.00. The number of hydrogen-bond donors (Lipinski definition) is 0. The van der Waals surface area contributed by atoms with Crippen LogP contribution >= 0.6 is 23.2 Å². The van der Waals surface area contributed by atoms with E-state index >= 15 is 0 Å². The molecule has 46 heavy (non-hydrogen) atoms. The van der Waals surface area contributed by atoms with Gasteiger partial charge in [0.05, 0.1) is 29.2 Å². The molecule has 3 aromatic carbocycles. The Bertz CT molecular complexity index is 1960. The molecule has 11 heteroatoms. The van der Waals surface area contributed by atoms with Gasteiger partial charge >= 0.3 is 5.97 Å². The number of rotatable bonds is 10. The molecule has 8 nitrogen and oxygen atoms in total. The van der Waals surface area contributed by atoms with E-state index < -0.39 is 21.9 Å². The molecule has 1 aliphatic rings. The van der Waals surface area contributed by atoms with Crippen molar-refractivity contribution in [2.75, 3.05) is 11.5 Å². The van der Waals surface area contributed by atoms with Gasteiger partial charge in [0.2, 0.25) is 10.0 Å². The predicted octanol–water partition coefficient (Wildman–Crippen LogP) is 7.86. The van der Waals surface area contributed by atoms with Crippen LogP contribution in [0, 0.1) is 13.8 Å². The summed E-state index contributed by atoms with van der Waals surface area (Å²) in [6, 6.07) is 22.1. The molecule has 0 spiro atoms. The molecule has 238 valence electrons. The number of nitrogens with zero attached hydrogens (tertiary/aromatic N) is 2. The lowest BCUT2D eigenvalue weighted by molar-refractivity contribution is -0.138. The number of benzene rings is 3. The molecule has 0 N–H and O–H groups in total. The Labute approximate surface area is 278 Å². The molecule has 5 rings (SSSR count). The minimum absolute atomic E-state index is 0.0533. The fourth-order valence-electron chi connectivity index (χ4n) is 5.08. The Hall–Kier alpha value is -4.15. The summed E-state index contributed by atoms with van der Waals surface area (Å²) in [4.78, 5) is 28.4. The first-order chi connectivity index (χ1) is 21.9. The maximum atomic E-state index is 13.9. The highest BCUT2D eigenvalue weighted by molar-refractivity contribution is 7.89. The fourth-order valence-corrected chi connectivity index (χ4v) is 6.94. The van der Waals surface area contributed by atoms with E-state index in [0.717, 1.165) is 11.1 Å². The third-order valence-electron chi connectivity index (χ3n) is 7.49. The summed E-state index contributed by atoms with van der Waals surface area (Å²) in [6.45, 7) is 7.14. The largest absolute Gasteiger partial charge is 0.462 e. The van der Waals surface area contributed by atoms with Gasteiger partial charge in [-0.2, -0.15) is 4.31 Å². The average Bonchev–Trinajstić information content (AvgIpc) is 3.55. The van der Waals surface area contributed by atoms with Crippen molar-refractivity contribution in [2.24, 2.45) is 0 Å². The van der Waals surface area contributed by atoms with Crippen LogP contribution in [-0.4, -0.2) is 31.2 Å². The van der Waals surface area contributed by atoms with E-state index in [1.807, 2.05) is 38.1 Å². The van der Waals surface area contributed by atoms with Crippen LogP contribution in [0.4, 0.5) is 5.69 Å². The highest BCUT2D eigenvalue weighted by Crippen LogP contribution is 2.36. The summed E-state index contributed by atoms with van der Waals surface area (Å²) >= 11 is 12.5. The molecule has 1 amide bonds. The SMILES string of the molecule is CCOC(=O)C1=C(C)N(c2ccc(C)cc2)C(=O)/C1=C/c1ccc(CN(Cc2ccc(Cl)cc2Cl)S(=O)(=O)c2ccc(C)cc2)o1. The Morgan fingerprint density at radius 2 is 1.57 bits per heavy atom. The lowest BCUT2D eigenvalue weighted by Crippen LogP contribution is -2.30. The lowest BCUT2D eigenvalue weighted by Gasteiger charge is -2.22. The van der Waals surface area contributed by atoms with Gasteiger partial charge in [0.25, 0.3) is 5.91 Å². The standard InChI is InChI=1S/C35H32Cl2N2O6S/c1-5-44-35(41)33-24(4)39(27-12-6-22(2)7-13-27)34(40)31(33)19-28-14-15-29(45-28)21-38(20-25-10-11-26(36)18-32(25)37)46(42,43)30-16-8-23(3)9-17-30/h6-19H,5,20-21H2,1-4H3/b31-19+. The monoisotopic (exact) mass is 678 g/mol. The maximum absolute atomic E-state index is 13.9. The van der Waals surface area contributed by atoms with Crippen LogP contribution in [0.5, 0.6) is 0 Å². The van der Waals surface area contributed by atoms with Crippen molar-refractivity contribution in [2.45, 2.75) is 45.7 Å². The van der Waals surface area contributed by atoms with Crippen molar-refractivity contribution < 1.29 is 27.2 Å². The highest BCUT2D eigenvalue weighted by atomic mass is 35.5. The summed E-state index contributed by atoms with van der Waals surface area (Å²) in [5.41, 5.74) is 3.78. The van der Waals surface area contributed by atoms with Gasteiger partial charge in [-0.1, -0.05) is 64.7 Å². The zero-order chi connectivity index (χ0) is 33.2. The Morgan fingerprint density at radius 3 is 2.20 bits per heavy atom. The van der Waals surface area contributed by atoms with E-state index in [4.69, 9.17) is 32.4 Å². The third-order valence-corrected chi connectivity index (χ3v) is 9.89. The van der Waals surface area contributed by atoms with Crippen LogP contribution in [-0.2, 0) is 37.4 Å². The topological polar surface area (TPSA) is 97.1 Å². The zero-order valence-electron chi connectivity index (χ0n) is 25.7. The number of aryl methyl sites for hydroxylation is 2. The number of allylic oxidation sites excluding steroid dienone is 1. The Balaban J connectivity index is 1.50. The highest BCUT2D eigenvalue weighted by Gasteiger charge is 2.38. The zero-order valence-corrected chi connectivity index (χ0v) is 28.0. The van der Waals surface area contributed by atoms with Gasteiger partial charge in [-0.15, -0.1) is 0 Å². The molecule has 0 saturated carbocycles. The number of esters is 1. The molecule has 0 aliphatic carbocycles. The minimum atomic E-state index is -4.00. The maximum Gasteiger partial charge on any atom is 0.340 e. The van der Waals surface area contributed by atoms with Gasteiger partial charge in [0.15, 0.2) is 0 Å². The molecular formula is C35H32Cl2N2O6S. The Morgan fingerprint density at radius 1 is 0.913 bits per heavy atom. The van der Waals surface area contributed by atoms with Crippen LogP contribution in [0.1, 0.15) is 42.1 Å². The lowest BCUT2D eigenvalue weighted by atomic mass is 10.1. The smallest absolute Gasteiger partial charge is 0.340 e. The summed E-state index contributed by atoms with van der Waals surface area (Å²) in [6.07, 6.45) is 1.48. The van der Waals surface area contributed by atoms with Gasteiger partial charge in [0.1, 0.15) is 11.5 Å². The number of carbonyl (C=O) groups is 2. The van der Waals surface area contributed by atoms with Crippen LogP contribution in [0.15, 0.2) is 105 Å². The normalized spacial score (nSPS) is 14.5. The number of sulfonamides is 1.